The lowest BCUT2D eigenvalue weighted by atomic mass is 9.84. The van der Waals surface area contributed by atoms with Crippen molar-refractivity contribution in [3.8, 4) is 0 Å². The molecule has 82 valence electrons. The van der Waals surface area contributed by atoms with Crippen LogP contribution in [0.3, 0.4) is 0 Å². The molecule has 0 saturated heterocycles. The van der Waals surface area contributed by atoms with Crippen LogP contribution in [0.2, 0.25) is 0 Å². The predicted octanol–water partition coefficient (Wildman–Crippen LogP) is 4.37. The van der Waals surface area contributed by atoms with E-state index < -0.39 is 0 Å². The van der Waals surface area contributed by atoms with Gasteiger partial charge in [0.1, 0.15) is 0 Å². The van der Waals surface area contributed by atoms with E-state index >= 15 is 0 Å². The molecule has 0 bridgehead atoms. The van der Waals surface area contributed by atoms with Gasteiger partial charge in [-0.2, -0.15) is 0 Å². The summed E-state index contributed by atoms with van der Waals surface area (Å²) in [4.78, 5) is 11.4. The lowest BCUT2D eigenvalue weighted by Gasteiger charge is -2.21. The van der Waals surface area contributed by atoms with Crippen LogP contribution in [0.15, 0.2) is 24.3 Å². The minimum absolute atomic E-state index is 0.0165. The van der Waals surface area contributed by atoms with Crippen LogP contribution < -0.4 is 0 Å². The van der Waals surface area contributed by atoms with Crippen LogP contribution in [-0.2, 0) is 0 Å². The molecule has 15 heavy (non-hydrogen) atoms. The third-order valence-corrected chi connectivity index (χ3v) is 3.24. The Labute approximate surface area is 100 Å². The largest absolute Gasteiger partial charge is 0.281 e. The first kappa shape index (κ1) is 12.4. The van der Waals surface area contributed by atoms with Gasteiger partial charge in [0.25, 0.3) is 0 Å². The van der Waals surface area contributed by atoms with Crippen molar-refractivity contribution in [2.45, 2.75) is 33.1 Å². The van der Waals surface area contributed by atoms with E-state index in [1.165, 1.54) is 0 Å². The molecule has 0 spiro atoms. The summed E-state index contributed by atoms with van der Waals surface area (Å²) in [6, 6.07) is 7.85. The van der Waals surface area contributed by atoms with Gasteiger partial charge in [-0.15, -0.1) is 0 Å². The molecular weight excluding hydrogens is 252 g/mol. The van der Waals surface area contributed by atoms with E-state index in [2.05, 4.69) is 42.8 Å². The molecule has 1 atom stereocenters. The summed E-state index contributed by atoms with van der Waals surface area (Å²) < 4.78 is -0.0165. The van der Waals surface area contributed by atoms with Crippen molar-refractivity contribution in [2.75, 3.05) is 0 Å². The average molecular weight is 269 g/mol. The molecule has 0 aliphatic carbocycles. The second-order valence-corrected chi connectivity index (χ2v) is 4.84. The zero-order chi connectivity index (χ0) is 11.4. The molecule has 1 aromatic rings. The molecule has 2 heteroatoms. The van der Waals surface area contributed by atoms with E-state index in [1.807, 2.05) is 18.2 Å². The fourth-order valence-electron chi connectivity index (χ4n) is 2.05. The number of rotatable bonds is 4. The molecule has 0 N–H and O–H groups in total. The lowest BCUT2D eigenvalue weighted by molar-refractivity contribution is 0.109. The molecule has 1 aromatic carbocycles. The van der Waals surface area contributed by atoms with Crippen LogP contribution in [0.1, 0.15) is 49.0 Å². The summed E-state index contributed by atoms with van der Waals surface area (Å²) in [5, 5.41) is 0. The van der Waals surface area contributed by atoms with Crippen molar-refractivity contribution >= 4 is 20.6 Å². The number of carbonyl (C=O) groups is 1. The Morgan fingerprint density at radius 1 is 1.33 bits per heavy atom. The molecule has 0 fully saturated rings. The second-order valence-electron chi connectivity index (χ2n) is 4.12. The van der Waals surface area contributed by atoms with E-state index in [4.69, 9.17) is 0 Å². The van der Waals surface area contributed by atoms with Gasteiger partial charge >= 0.3 is 0 Å². The van der Waals surface area contributed by atoms with Gasteiger partial charge < -0.3 is 0 Å². The van der Waals surface area contributed by atoms with Crippen LogP contribution in [-0.4, -0.2) is 4.69 Å². The quantitative estimate of drug-likeness (QED) is 0.742. The summed E-state index contributed by atoms with van der Waals surface area (Å²) in [6.45, 7) is 6.56. The number of hydrogen-bond donors (Lipinski definition) is 0. The Morgan fingerprint density at radius 2 is 1.93 bits per heavy atom. The molecule has 1 nitrogen and oxygen atoms in total. The van der Waals surface area contributed by atoms with Crippen LogP contribution in [0, 0.1) is 5.92 Å². The minimum atomic E-state index is -0.0165. The summed E-state index contributed by atoms with van der Waals surface area (Å²) in [5.41, 5.74) is 1.97. The monoisotopic (exact) mass is 268 g/mol. The van der Waals surface area contributed by atoms with Gasteiger partial charge in [0, 0.05) is 5.56 Å². The van der Waals surface area contributed by atoms with Gasteiger partial charge in [-0.05, 0) is 39.8 Å². The molecule has 1 unspecified atom stereocenters. The minimum Gasteiger partial charge on any atom is -0.281 e. The third kappa shape index (κ3) is 2.91. The van der Waals surface area contributed by atoms with E-state index in [1.54, 1.807) is 0 Å². The Balaban J connectivity index is 3.16. The summed E-state index contributed by atoms with van der Waals surface area (Å²) in [7, 11) is 0. The Bertz CT molecular complexity index is 344. The van der Waals surface area contributed by atoms with E-state index in [0.717, 1.165) is 17.5 Å². The molecule has 0 aliphatic heterocycles. The highest BCUT2D eigenvalue weighted by atomic mass is 79.9. The Hall–Kier alpha value is -0.630. The molecule has 0 saturated carbocycles. The van der Waals surface area contributed by atoms with Gasteiger partial charge in [0.05, 0.1) is 0 Å². The topological polar surface area (TPSA) is 17.1 Å². The summed E-state index contributed by atoms with van der Waals surface area (Å²) in [5.74, 6) is 1.02. The number of halogens is 1. The zero-order valence-electron chi connectivity index (χ0n) is 9.46. The zero-order valence-corrected chi connectivity index (χ0v) is 11.0. The maximum absolute atomic E-state index is 11.4. The van der Waals surface area contributed by atoms with Crippen molar-refractivity contribution in [1.82, 2.24) is 0 Å². The van der Waals surface area contributed by atoms with Gasteiger partial charge in [0.2, 0.25) is 4.69 Å². The van der Waals surface area contributed by atoms with E-state index in [-0.39, 0.29) is 4.69 Å². The van der Waals surface area contributed by atoms with Gasteiger partial charge in [-0.25, -0.2) is 0 Å². The molecule has 0 amide bonds. The standard InChI is InChI=1S/C13H17BrO/c1-4-10(9(2)3)11-7-5-6-8-12(11)13(14)15/h5-10H,4H2,1-3H3. The maximum Gasteiger partial charge on any atom is 0.228 e. The van der Waals surface area contributed by atoms with Gasteiger partial charge in [0.15, 0.2) is 0 Å². The maximum atomic E-state index is 11.4. The Kier molecular flexibility index (Phi) is 4.52. The number of carbonyl (C=O) groups excluding carboxylic acids is 1. The first-order valence-electron chi connectivity index (χ1n) is 5.36. The predicted molar refractivity (Wildman–Crippen MR) is 67.6 cm³/mol. The van der Waals surface area contributed by atoms with Gasteiger partial charge in [-0.3, -0.25) is 4.79 Å². The summed E-state index contributed by atoms with van der Waals surface area (Å²) in [6.07, 6.45) is 1.06. The SMILES string of the molecule is CCC(c1ccccc1C(=O)Br)C(C)C. The van der Waals surface area contributed by atoms with Gasteiger partial charge in [-0.1, -0.05) is 45.0 Å². The van der Waals surface area contributed by atoms with E-state index in [9.17, 15) is 4.79 Å². The van der Waals surface area contributed by atoms with Crippen LogP contribution in [0.5, 0.6) is 0 Å². The summed E-state index contributed by atoms with van der Waals surface area (Å²) >= 11 is 3.04. The molecular formula is C13H17BrO. The molecule has 0 heterocycles. The van der Waals surface area contributed by atoms with Crippen LogP contribution in [0.25, 0.3) is 0 Å². The number of benzene rings is 1. The highest BCUT2D eigenvalue weighted by Gasteiger charge is 2.18. The lowest BCUT2D eigenvalue weighted by Crippen LogP contribution is -2.09. The first-order chi connectivity index (χ1) is 7.07. The third-order valence-electron chi connectivity index (χ3n) is 2.82. The van der Waals surface area contributed by atoms with E-state index in [0.29, 0.717) is 11.8 Å². The molecule has 0 aliphatic rings. The smallest absolute Gasteiger partial charge is 0.228 e. The van der Waals surface area contributed by atoms with Crippen LogP contribution >= 0.6 is 15.9 Å². The van der Waals surface area contributed by atoms with Crippen LogP contribution in [0.4, 0.5) is 0 Å². The second kappa shape index (κ2) is 5.45. The average Bonchev–Trinajstić information content (AvgIpc) is 2.18. The Morgan fingerprint density at radius 3 is 2.40 bits per heavy atom. The number of hydrogen-bond acceptors (Lipinski definition) is 1. The molecule has 0 radical (unpaired) electrons. The first-order valence-corrected chi connectivity index (χ1v) is 6.16. The molecule has 1 rings (SSSR count). The molecule has 0 aromatic heterocycles. The fourth-order valence-corrected chi connectivity index (χ4v) is 2.41. The van der Waals surface area contributed by atoms with Crippen molar-refractivity contribution in [1.29, 1.82) is 0 Å². The van der Waals surface area contributed by atoms with Crippen molar-refractivity contribution in [3.05, 3.63) is 35.4 Å². The van der Waals surface area contributed by atoms with Crippen molar-refractivity contribution in [3.63, 3.8) is 0 Å². The normalized spacial score (nSPS) is 12.9. The highest BCUT2D eigenvalue weighted by molar-refractivity contribution is 9.18. The van der Waals surface area contributed by atoms with Crippen molar-refractivity contribution < 1.29 is 4.79 Å². The van der Waals surface area contributed by atoms with Crippen molar-refractivity contribution in [2.24, 2.45) is 5.92 Å². The highest BCUT2D eigenvalue weighted by Crippen LogP contribution is 2.30. The fraction of sp³-hybridized carbons (Fsp3) is 0.462.